The van der Waals surface area contributed by atoms with Crippen LogP contribution in [0.25, 0.3) is 43.7 Å². The molecule has 5 aromatic rings. The summed E-state index contributed by atoms with van der Waals surface area (Å²) in [6.07, 6.45) is 5.01. The molecule has 6 nitrogen and oxygen atoms in total. The van der Waals surface area contributed by atoms with Crippen molar-refractivity contribution in [3.8, 4) is 11.1 Å². The Labute approximate surface area is 222 Å². The summed E-state index contributed by atoms with van der Waals surface area (Å²) in [7, 11) is 0. The van der Waals surface area contributed by atoms with Crippen molar-refractivity contribution in [1.82, 2.24) is 25.9 Å². The van der Waals surface area contributed by atoms with Crippen molar-refractivity contribution < 1.29 is 0 Å². The molecule has 4 N–H and O–H groups in total. The van der Waals surface area contributed by atoms with Crippen LogP contribution in [-0.2, 0) is 0 Å². The van der Waals surface area contributed by atoms with Crippen molar-refractivity contribution in [2.24, 2.45) is 4.99 Å². The van der Waals surface area contributed by atoms with E-state index in [1.165, 1.54) is 63.2 Å². The highest BCUT2D eigenvalue weighted by Gasteiger charge is 2.28. The number of benzene rings is 4. The second-order valence-electron chi connectivity index (χ2n) is 11.0. The zero-order valence-electron chi connectivity index (χ0n) is 21.4. The van der Waals surface area contributed by atoms with Gasteiger partial charge in [0, 0.05) is 18.0 Å². The molecule has 3 unspecified atom stereocenters. The molecular formula is C32H32N6. The summed E-state index contributed by atoms with van der Waals surface area (Å²) in [5, 5.41) is 15.7. The van der Waals surface area contributed by atoms with Crippen molar-refractivity contribution >= 4 is 38.3 Å². The molecule has 2 saturated heterocycles. The third kappa shape index (κ3) is 3.83. The minimum atomic E-state index is 0.201. The van der Waals surface area contributed by atoms with Gasteiger partial charge in [-0.1, -0.05) is 42.5 Å². The number of nitrogens with one attached hydrogen (secondary N) is 4. The zero-order chi connectivity index (χ0) is 25.1. The molecule has 1 aromatic heterocycles. The molecule has 0 bridgehead atoms. The molecule has 4 aromatic carbocycles. The van der Waals surface area contributed by atoms with Crippen LogP contribution >= 0.6 is 0 Å². The van der Waals surface area contributed by atoms with Crippen LogP contribution in [0, 0.1) is 0 Å². The van der Waals surface area contributed by atoms with Gasteiger partial charge in [-0.2, -0.15) is 0 Å². The molecule has 38 heavy (non-hydrogen) atoms. The molecule has 6 heteroatoms. The fourth-order valence-electron chi connectivity index (χ4n) is 6.54. The normalized spacial score (nSPS) is 23.7. The van der Waals surface area contributed by atoms with E-state index in [1.54, 1.807) is 0 Å². The van der Waals surface area contributed by atoms with Gasteiger partial charge in [-0.25, -0.2) is 4.98 Å². The van der Waals surface area contributed by atoms with Crippen LogP contribution in [0.2, 0.25) is 0 Å². The van der Waals surface area contributed by atoms with Gasteiger partial charge >= 0.3 is 0 Å². The van der Waals surface area contributed by atoms with Gasteiger partial charge in [-0.05, 0) is 95.9 Å². The van der Waals surface area contributed by atoms with E-state index < -0.39 is 0 Å². The largest absolute Gasteiger partial charge is 0.341 e. The molecule has 3 atom stereocenters. The first kappa shape index (κ1) is 22.4. The summed E-state index contributed by atoms with van der Waals surface area (Å²) in [4.78, 5) is 13.6. The maximum absolute atomic E-state index is 5.02. The van der Waals surface area contributed by atoms with Gasteiger partial charge in [0.15, 0.2) is 0 Å². The third-order valence-electron chi connectivity index (χ3n) is 8.64. The molecule has 3 aliphatic rings. The van der Waals surface area contributed by atoms with E-state index >= 15 is 0 Å². The van der Waals surface area contributed by atoms with E-state index in [4.69, 9.17) is 9.98 Å². The van der Waals surface area contributed by atoms with Gasteiger partial charge in [0.1, 0.15) is 12.0 Å². The Bertz CT molecular complexity index is 1700. The maximum atomic E-state index is 5.02. The van der Waals surface area contributed by atoms with E-state index in [0.717, 1.165) is 42.9 Å². The van der Waals surface area contributed by atoms with E-state index in [0.29, 0.717) is 12.1 Å². The maximum Gasteiger partial charge on any atom is 0.124 e. The smallest absolute Gasteiger partial charge is 0.124 e. The van der Waals surface area contributed by atoms with Crippen molar-refractivity contribution in [1.29, 1.82) is 0 Å². The van der Waals surface area contributed by atoms with Gasteiger partial charge in [-0.15, -0.1) is 0 Å². The molecule has 190 valence electrons. The first-order valence-electron chi connectivity index (χ1n) is 14.0. The van der Waals surface area contributed by atoms with Crippen LogP contribution in [0.15, 0.2) is 71.7 Å². The average Bonchev–Trinajstić information content (AvgIpc) is 3.78. The Morgan fingerprint density at radius 2 is 1.42 bits per heavy atom. The van der Waals surface area contributed by atoms with Crippen LogP contribution in [0.4, 0.5) is 0 Å². The Morgan fingerprint density at radius 1 is 0.684 bits per heavy atom. The highest BCUT2D eigenvalue weighted by atomic mass is 15.2. The summed E-state index contributed by atoms with van der Waals surface area (Å²) < 4.78 is 0. The molecular weight excluding hydrogens is 468 g/mol. The van der Waals surface area contributed by atoms with Crippen molar-refractivity contribution in [3.05, 3.63) is 78.1 Å². The number of aromatic nitrogens is 2. The molecule has 8 rings (SSSR count). The van der Waals surface area contributed by atoms with Gasteiger partial charge in [-0.3, -0.25) is 10.3 Å². The lowest BCUT2D eigenvalue weighted by Gasteiger charge is -2.15. The second-order valence-corrected chi connectivity index (χ2v) is 11.0. The van der Waals surface area contributed by atoms with Crippen molar-refractivity contribution in [2.75, 3.05) is 19.6 Å². The minimum Gasteiger partial charge on any atom is -0.341 e. The number of imidazole rings is 1. The predicted octanol–water partition coefficient (Wildman–Crippen LogP) is 5.43. The highest BCUT2D eigenvalue weighted by molar-refractivity contribution is 6.07. The Morgan fingerprint density at radius 3 is 2.24 bits per heavy atom. The van der Waals surface area contributed by atoms with Gasteiger partial charge < -0.3 is 15.6 Å². The number of nitrogens with zero attached hydrogens (tertiary/aromatic N) is 2. The SMILES string of the molecule is c1cc2cc(-c3ccc4c(ccc5[nH]c(C6CCCN6)nc54)c3)ccc2cc1C1=NC(C2CCCN2)NC1. The van der Waals surface area contributed by atoms with Crippen molar-refractivity contribution in [2.45, 2.75) is 43.9 Å². The van der Waals surface area contributed by atoms with E-state index in [2.05, 4.69) is 87.7 Å². The predicted molar refractivity (Wildman–Crippen MR) is 156 cm³/mol. The van der Waals surface area contributed by atoms with Crippen LogP contribution < -0.4 is 16.0 Å². The van der Waals surface area contributed by atoms with Crippen LogP contribution in [0.3, 0.4) is 0 Å². The number of rotatable bonds is 4. The highest BCUT2D eigenvalue weighted by Crippen LogP contribution is 2.32. The topological polar surface area (TPSA) is 77.1 Å². The van der Waals surface area contributed by atoms with E-state index in [9.17, 15) is 0 Å². The first-order valence-corrected chi connectivity index (χ1v) is 14.0. The number of fused-ring (bicyclic) bond motifs is 4. The summed E-state index contributed by atoms with van der Waals surface area (Å²) in [6, 6.07) is 25.5. The summed E-state index contributed by atoms with van der Waals surface area (Å²) in [5.41, 5.74) is 7.03. The Balaban J connectivity index is 1.09. The van der Waals surface area contributed by atoms with E-state index in [-0.39, 0.29) is 6.17 Å². The monoisotopic (exact) mass is 500 g/mol. The summed E-state index contributed by atoms with van der Waals surface area (Å²) in [5.74, 6) is 1.06. The molecule has 0 amide bonds. The standard InChI is InChI=1S/C32H32N6/c1-3-27(33-13-1)31-35-18-29(37-31)24-8-7-20-15-19(5-6-21(20)17-24)22-9-11-25-23(16-22)10-12-26-30(25)38-32(36-26)28-4-2-14-34-28/h5-12,15-17,27-28,31,33-35H,1-4,13-14,18H2,(H,36,38). The van der Waals surface area contributed by atoms with Crippen LogP contribution in [0.1, 0.15) is 43.1 Å². The fraction of sp³-hybridized carbons (Fsp3) is 0.312. The molecule has 3 aliphatic heterocycles. The zero-order valence-corrected chi connectivity index (χ0v) is 21.4. The lowest BCUT2D eigenvalue weighted by Crippen LogP contribution is -2.40. The van der Waals surface area contributed by atoms with Gasteiger partial charge in [0.25, 0.3) is 0 Å². The minimum absolute atomic E-state index is 0.201. The van der Waals surface area contributed by atoms with E-state index in [1.807, 2.05) is 0 Å². The molecule has 0 aliphatic carbocycles. The molecule has 4 heterocycles. The molecule has 0 saturated carbocycles. The fourth-order valence-corrected chi connectivity index (χ4v) is 6.54. The summed E-state index contributed by atoms with van der Waals surface area (Å²) >= 11 is 0. The third-order valence-corrected chi connectivity index (χ3v) is 8.64. The Kier molecular flexibility index (Phi) is 5.32. The number of hydrogen-bond acceptors (Lipinski definition) is 5. The lowest BCUT2D eigenvalue weighted by atomic mass is 9.97. The quantitative estimate of drug-likeness (QED) is 0.265. The molecule has 0 spiro atoms. The van der Waals surface area contributed by atoms with Crippen molar-refractivity contribution in [3.63, 3.8) is 0 Å². The van der Waals surface area contributed by atoms with Crippen LogP contribution in [0.5, 0.6) is 0 Å². The number of aromatic amines is 1. The summed E-state index contributed by atoms with van der Waals surface area (Å²) in [6.45, 7) is 3.02. The number of hydrogen-bond donors (Lipinski definition) is 4. The lowest BCUT2D eigenvalue weighted by molar-refractivity contribution is 0.450. The number of H-pyrrole nitrogens is 1. The molecule has 0 radical (unpaired) electrons. The van der Waals surface area contributed by atoms with Gasteiger partial charge in [0.2, 0.25) is 0 Å². The Hall–Kier alpha value is -3.58. The molecule has 2 fully saturated rings. The first-order chi connectivity index (χ1) is 18.8. The van der Waals surface area contributed by atoms with Crippen LogP contribution in [-0.4, -0.2) is 47.5 Å². The number of aliphatic imine (C=N–C) groups is 1. The average molecular weight is 501 g/mol. The van der Waals surface area contributed by atoms with Gasteiger partial charge in [0.05, 0.1) is 22.8 Å². The second kappa shape index (κ2) is 9.02.